The van der Waals surface area contributed by atoms with Gasteiger partial charge in [0.15, 0.2) is 0 Å². The normalized spacial score (nSPS) is 16.2. The summed E-state index contributed by atoms with van der Waals surface area (Å²) >= 11 is 0. The first-order chi connectivity index (χ1) is 23.2. The number of fused-ring (bicyclic) bond motifs is 1. The number of carbonyl (C=O) groups excluding carboxylic acids is 1. The van der Waals surface area contributed by atoms with Gasteiger partial charge in [-0.1, -0.05) is 6.92 Å². The zero-order valence-electron chi connectivity index (χ0n) is 26.6. The van der Waals surface area contributed by atoms with Gasteiger partial charge in [0, 0.05) is 48.2 Å². The molecule has 4 aromatic rings. The van der Waals surface area contributed by atoms with Crippen LogP contribution in [0.3, 0.4) is 0 Å². The van der Waals surface area contributed by atoms with Crippen molar-refractivity contribution in [3.63, 3.8) is 0 Å². The predicted octanol–water partition coefficient (Wildman–Crippen LogP) is 7.36. The van der Waals surface area contributed by atoms with E-state index in [1.807, 2.05) is 6.92 Å². The molecule has 0 saturated carbocycles. The van der Waals surface area contributed by atoms with Gasteiger partial charge in [0.05, 0.1) is 54.6 Å². The fourth-order valence-electron chi connectivity index (χ4n) is 5.68. The van der Waals surface area contributed by atoms with Gasteiger partial charge in [0.2, 0.25) is 11.8 Å². The van der Waals surface area contributed by atoms with Gasteiger partial charge in [0.1, 0.15) is 0 Å². The molecule has 2 atom stereocenters. The number of nitrogens with one attached hydrogen (secondary N) is 1. The lowest BCUT2D eigenvalue weighted by atomic mass is 9.93. The van der Waals surface area contributed by atoms with Crippen LogP contribution >= 0.6 is 0 Å². The van der Waals surface area contributed by atoms with Crippen molar-refractivity contribution >= 4 is 17.7 Å². The molecule has 5 rings (SSSR count). The summed E-state index contributed by atoms with van der Waals surface area (Å²) in [5.41, 5.74) is -1.14. The van der Waals surface area contributed by atoms with Crippen molar-refractivity contribution in [2.24, 2.45) is 0 Å². The van der Waals surface area contributed by atoms with Crippen molar-refractivity contribution in [2.75, 3.05) is 23.9 Å². The molecule has 10 nitrogen and oxygen atoms in total. The van der Waals surface area contributed by atoms with Gasteiger partial charge in [-0.3, -0.25) is 9.88 Å². The maximum absolute atomic E-state index is 13.7. The summed E-state index contributed by atoms with van der Waals surface area (Å²) in [6, 6.07) is 5.29. The number of halogens is 6. The summed E-state index contributed by atoms with van der Waals surface area (Å²) in [6.07, 6.45) is -5.98. The molecule has 0 radical (unpaired) electrons. The Kier molecular flexibility index (Phi) is 10.3. The first-order valence-corrected chi connectivity index (χ1v) is 15.2. The Morgan fingerprint density at radius 3 is 2.31 bits per heavy atom. The van der Waals surface area contributed by atoms with E-state index in [4.69, 9.17) is 9.47 Å². The molecule has 0 fully saturated rings. The predicted molar refractivity (Wildman–Crippen MR) is 166 cm³/mol. The van der Waals surface area contributed by atoms with Crippen LogP contribution in [-0.2, 0) is 30.1 Å². The third kappa shape index (κ3) is 7.85. The summed E-state index contributed by atoms with van der Waals surface area (Å²) in [6.45, 7) is 3.39. The first-order valence-electron chi connectivity index (χ1n) is 15.2. The van der Waals surface area contributed by atoms with E-state index >= 15 is 0 Å². The van der Waals surface area contributed by atoms with E-state index in [-0.39, 0.29) is 54.0 Å². The highest BCUT2D eigenvalue weighted by molar-refractivity contribution is 5.90. The summed E-state index contributed by atoms with van der Waals surface area (Å²) < 4.78 is 92.8. The number of rotatable bonds is 9. The zero-order chi connectivity index (χ0) is 35.5. The molecule has 3 aromatic heterocycles. The minimum absolute atomic E-state index is 0.00745. The van der Waals surface area contributed by atoms with E-state index < -0.39 is 42.0 Å². The molecule has 4 heterocycles. The topological polar surface area (TPSA) is 123 Å². The van der Waals surface area contributed by atoms with Crippen molar-refractivity contribution in [2.45, 2.75) is 64.2 Å². The largest absolute Gasteiger partial charge is 0.481 e. The van der Waals surface area contributed by atoms with E-state index in [1.165, 1.54) is 30.6 Å². The second kappa shape index (κ2) is 14.2. The van der Waals surface area contributed by atoms with Crippen LogP contribution in [0.2, 0.25) is 0 Å². The maximum Gasteiger partial charge on any atom is 0.416 e. The zero-order valence-corrected chi connectivity index (χ0v) is 26.6. The Bertz CT molecular complexity index is 1790. The number of anilines is 2. The Morgan fingerprint density at radius 1 is 0.980 bits per heavy atom. The number of amides is 1. The fraction of sp³-hybridized carbons (Fsp3) is 0.364. The van der Waals surface area contributed by atoms with Crippen LogP contribution in [0.5, 0.6) is 5.88 Å². The molecule has 16 heteroatoms. The number of carbonyl (C=O) groups is 1. The van der Waals surface area contributed by atoms with Gasteiger partial charge in [-0.25, -0.2) is 19.7 Å². The smallest absolute Gasteiger partial charge is 0.416 e. The van der Waals surface area contributed by atoms with Gasteiger partial charge < -0.3 is 19.9 Å². The minimum atomic E-state index is -5.04. The van der Waals surface area contributed by atoms with Crippen molar-refractivity contribution in [3.8, 4) is 17.0 Å². The molecule has 0 bridgehead atoms. The van der Waals surface area contributed by atoms with E-state index in [1.54, 1.807) is 25.1 Å². The van der Waals surface area contributed by atoms with Crippen molar-refractivity contribution < 1.29 is 45.7 Å². The van der Waals surface area contributed by atoms with Crippen LogP contribution in [-0.4, -0.2) is 50.9 Å². The molecule has 1 amide bonds. The number of nitrogens with zero attached hydrogens (tertiary/aromatic N) is 5. The molecule has 2 N–H and O–H groups in total. The third-order valence-electron chi connectivity index (χ3n) is 7.96. The lowest BCUT2D eigenvalue weighted by Crippen LogP contribution is -2.46. The summed E-state index contributed by atoms with van der Waals surface area (Å²) in [7, 11) is 1.44. The molecule has 260 valence electrons. The number of aliphatic hydroxyl groups excluding tert-OH is 1. The van der Waals surface area contributed by atoms with Crippen molar-refractivity contribution in [1.29, 1.82) is 0 Å². The Balaban J connectivity index is 1.61. The van der Waals surface area contributed by atoms with Gasteiger partial charge in [-0.2, -0.15) is 26.3 Å². The minimum Gasteiger partial charge on any atom is -0.481 e. The average Bonchev–Trinajstić information content (AvgIpc) is 3.07. The van der Waals surface area contributed by atoms with Gasteiger partial charge in [0.25, 0.3) is 0 Å². The van der Waals surface area contributed by atoms with Crippen LogP contribution < -0.4 is 15.0 Å². The highest BCUT2D eigenvalue weighted by Crippen LogP contribution is 2.41. The SMILES string of the molecule is CCOC(=O)N1c2ccc(OC)nc2[C@@H](Nc2ncc(-c3cncc(CO)c3)c(Cc3cc(C(F)(F)F)cc(C(F)(F)F)c3)n2)C[C@H]1CC. The highest BCUT2D eigenvalue weighted by Gasteiger charge is 2.39. The average molecular weight is 691 g/mol. The standard InChI is InChI=1S/C33H32F6N6O4/c1-4-23-13-26(29-27(6-7-28(44-29)48-3)45(23)31(47)49-5-2)43-30-41-16-24(20-8-19(17-46)14-40-15-20)25(42-30)11-18-9-21(32(34,35)36)12-22(10-18)33(37,38)39/h6-10,12,14-16,23,26,46H,4-5,11,13,17H2,1-3H3,(H,41,42,43)/t23-,26+/m1/s1. The number of benzene rings is 1. The molecule has 0 aliphatic carbocycles. The van der Waals surface area contributed by atoms with Gasteiger partial charge in [-0.15, -0.1) is 0 Å². The van der Waals surface area contributed by atoms with Crippen LogP contribution in [0.1, 0.15) is 66.4 Å². The van der Waals surface area contributed by atoms with Crippen LogP contribution in [0, 0.1) is 0 Å². The second-order valence-electron chi connectivity index (χ2n) is 11.2. The van der Waals surface area contributed by atoms with E-state index in [2.05, 4.69) is 25.3 Å². The molecule has 0 saturated heterocycles. The second-order valence-corrected chi connectivity index (χ2v) is 11.2. The fourth-order valence-corrected chi connectivity index (χ4v) is 5.68. The number of alkyl halides is 6. The highest BCUT2D eigenvalue weighted by atomic mass is 19.4. The number of methoxy groups -OCH3 is 1. The molecular formula is C33H32F6N6O4. The van der Waals surface area contributed by atoms with Crippen molar-refractivity contribution in [1.82, 2.24) is 19.9 Å². The molecular weight excluding hydrogens is 658 g/mol. The van der Waals surface area contributed by atoms with Crippen LogP contribution in [0.25, 0.3) is 11.1 Å². The molecule has 1 aromatic carbocycles. The van der Waals surface area contributed by atoms with E-state index in [0.29, 0.717) is 47.5 Å². The van der Waals surface area contributed by atoms with Crippen LogP contribution in [0.4, 0.5) is 42.8 Å². The lowest BCUT2D eigenvalue weighted by molar-refractivity contribution is -0.143. The van der Waals surface area contributed by atoms with E-state index in [9.17, 15) is 36.2 Å². The number of aliphatic hydroxyl groups is 1. The number of aromatic nitrogens is 4. The maximum atomic E-state index is 13.7. The first kappa shape index (κ1) is 35.3. The number of hydrogen-bond donors (Lipinski definition) is 2. The summed E-state index contributed by atoms with van der Waals surface area (Å²) in [4.78, 5) is 32.2. The molecule has 1 aliphatic heterocycles. The van der Waals surface area contributed by atoms with Crippen LogP contribution in [0.15, 0.2) is 55.0 Å². The van der Waals surface area contributed by atoms with E-state index in [0.717, 1.165) is 0 Å². The lowest BCUT2D eigenvalue weighted by Gasteiger charge is -2.39. The number of hydrogen-bond acceptors (Lipinski definition) is 9. The summed E-state index contributed by atoms with van der Waals surface area (Å²) in [5, 5.41) is 12.9. The summed E-state index contributed by atoms with van der Waals surface area (Å²) in [5.74, 6) is 0.274. The van der Waals surface area contributed by atoms with Crippen molar-refractivity contribution in [3.05, 3.63) is 88.6 Å². The molecule has 49 heavy (non-hydrogen) atoms. The number of ether oxygens (including phenoxy) is 2. The number of pyridine rings is 2. The van der Waals surface area contributed by atoms with Gasteiger partial charge >= 0.3 is 18.4 Å². The Hall–Kier alpha value is -4.99. The third-order valence-corrected chi connectivity index (χ3v) is 7.96. The Labute approximate surface area is 277 Å². The monoisotopic (exact) mass is 690 g/mol. The quantitative estimate of drug-likeness (QED) is 0.174. The van der Waals surface area contributed by atoms with Gasteiger partial charge in [-0.05, 0) is 61.2 Å². The molecule has 0 unspecified atom stereocenters. The molecule has 0 spiro atoms. The molecule has 1 aliphatic rings. The Morgan fingerprint density at radius 2 is 1.69 bits per heavy atom.